The molecule has 3 heterocycles. The average molecular weight is 386 g/mol. The van der Waals surface area contributed by atoms with E-state index in [1.807, 2.05) is 0 Å². The fourth-order valence-corrected chi connectivity index (χ4v) is 3.07. The average Bonchev–Trinajstić information content (AvgIpc) is 3.31. The zero-order valence-corrected chi connectivity index (χ0v) is 15.2. The molecule has 0 saturated heterocycles. The number of rotatable bonds is 3. The number of amides is 1. The summed E-state index contributed by atoms with van der Waals surface area (Å²) < 4.78 is 5.27. The van der Waals surface area contributed by atoms with Crippen LogP contribution in [-0.2, 0) is 4.79 Å². The summed E-state index contributed by atoms with van der Waals surface area (Å²) in [6.07, 6.45) is 6.45. The van der Waals surface area contributed by atoms with Crippen LogP contribution in [0, 0.1) is 22.0 Å². The van der Waals surface area contributed by atoms with Crippen LogP contribution in [0.5, 0.6) is 5.75 Å². The van der Waals surface area contributed by atoms with E-state index in [0.717, 1.165) is 0 Å². The summed E-state index contributed by atoms with van der Waals surface area (Å²) >= 11 is 0. The van der Waals surface area contributed by atoms with Crippen LogP contribution in [0.3, 0.4) is 0 Å². The fraction of sp³-hybridized carbons (Fsp3) is 0.0476. The third-order valence-corrected chi connectivity index (χ3v) is 4.38. The van der Waals surface area contributed by atoms with Crippen molar-refractivity contribution in [2.24, 2.45) is 0 Å². The predicted molar refractivity (Wildman–Crippen MR) is 107 cm³/mol. The van der Waals surface area contributed by atoms with Crippen LogP contribution >= 0.6 is 0 Å². The van der Waals surface area contributed by atoms with E-state index in [0.29, 0.717) is 28.3 Å². The number of nitrogens with one attached hydrogen (secondary N) is 2. The van der Waals surface area contributed by atoms with Gasteiger partial charge in [-0.2, -0.15) is 0 Å². The second-order valence-corrected chi connectivity index (χ2v) is 6.10. The number of hydrogen-bond acceptors (Lipinski definition) is 5. The number of ether oxygens (including phenoxy) is 1. The van der Waals surface area contributed by atoms with Gasteiger partial charge in [-0.3, -0.25) is 19.9 Å². The first-order valence-electron chi connectivity index (χ1n) is 8.56. The van der Waals surface area contributed by atoms with Crippen molar-refractivity contribution in [2.75, 3.05) is 12.4 Å². The number of fused-ring (bicyclic) bond motifs is 1. The smallest absolute Gasteiger partial charge is 0.285 e. The molecule has 0 aliphatic carbocycles. The Bertz CT molecular complexity index is 1220. The Morgan fingerprint density at radius 2 is 2.10 bits per heavy atom. The normalized spacial score (nSPS) is 13.4. The van der Waals surface area contributed by atoms with Gasteiger partial charge in [0, 0.05) is 35.8 Å². The molecule has 4 rings (SSSR count). The zero-order chi connectivity index (χ0) is 20.4. The number of hydrogen-bond donors (Lipinski definition) is 2. The molecule has 0 unspecified atom stereocenters. The van der Waals surface area contributed by atoms with Gasteiger partial charge in [-0.05, 0) is 30.3 Å². The molecule has 8 nitrogen and oxygen atoms in total. The molecule has 2 aromatic heterocycles. The number of aromatic amines is 1. The number of anilines is 1. The number of carbonyl (C=O) groups excluding carboxylic acids is 1. The molecule has 0 spiro atoms. The third-order valence-electron chi connectivity index (χ3n) is 4.38. The molecular weight excluding hydrogens is 372 g/mol. The van der Waals surface area contributed by atoms with Gasteiger partial charge in [-0.15, -0.1) is 0 Å². The van der Waals surface area contributed by atoms with Crippen LogP contribution in [0.15, 0.2) is 48.9 Å². The van der Waals surface area contributed by atoms with Crippen molar-refractivity contribution in [3.05, 3.63) is 81.4 Å². The van der Waals surface area contributed by atoms with Crippen LogP contribution in [-0.4, -0.2) is 27.9 Å². The van der Waals surface area contributed by atoms with Crippen molar-refractivity contribution in [2.45, 2.75) is 0 Å². The van der Waals surface area contributed by atoms with Gasteiger partial charge in [0.25, 0.3) is 11.6 Å². The van der Waals surface area contributed by atoms with Gasteiger partial charge in [0.2, 0.25) is 0 Å². The molecule has 1 aliphatic rings. The lowest BCUT2D eigenvalue weighted by Gasteiger charge is -2.04. The quantitative estimate of drug-likeness (QED) is 0.311. The molecule has 1 aromatic carbocycles. The van der Waals surface area contributed by atoms with Gasteiger partial charge in [-0.25, -0.2) is 0 Å². The molecule has 0 fully saturated rings. The highest BCUT2D eigenvalue weighted by atomic mass is 16.6. The van der Waals surface area contributed by atoms with Crippen molar-refractivity contribution < 1.29 is 14.5 Å². The van der Waals surface area contributed by atoms with Gasteiger partial charge in [0.1, 0.15) is 11.3 Å². The molecule has 0 saturated carbocycles. The Hall–Kier alpha value is -4.38. The summed E-state index contributed by atoms with van der Waals surface area (Å²) in [6, 6.07) is 8.04. The molecule has 2 N–H and O–H groups in total. The number of carbonyl (C=O) groups is 1. The van der Waals surface area contributed by atoms with Crippen LogP contribution in [0.1, 0.15) is 22.4 Å². The Morgan fingerprint density at radius 1 is 1.24 bits per heavy atom. The van der Waals surface area contributed by atoms with Crippen molar-refractivity contribution >= 4 is 28.9 Å². The van der Waals surface area contributed by atoms with Crippen LogP contribution in [0.2, 0.25) is 0 Å². The second kappa shape index (κ2) is 7.32. The Labute approximate surface area is 165 Å². The summed E-state index contributed by atoms with van der Waals surface area (Å²) in [5, 5.41) is 14.4. The molecule has 0 radical (unpaired) electrons. The van der Waals surface area contributed by atoms with E-state index < -0.39 is 4.92 Å². The second-order valence-electron chi connectivity index (χ2n) is 6.10. The standard InChI is InChI=1S/C21H14N4O4/c1-29-19-8-10-23-17(19)11-15-20-14(5-4-13-3-2-9-22-12-13)18(25(27)28)7-6-16(20)24-21(15)26/h2-3,6-12,23H,1H3,(H,24,26). The molecular formula is C21H14N4O4. The zero-order valence-electron chi connectivity index (χ0n) is 15.2. The lowest BCUT2D eigenvalue weighted by Crippen LogP contribution is -2.03. The molecule has 1 amide bonds. The lowest BCUT2D eigenvalue weighted by atomic mass is 9.98. The fourth-order valence-electron chi connectivity index (χ4n) is 3.07. The minimum absolute atomic E-state index is 0.159. The van der Waals surface area contributed by atoms with E-state index in [1.54, 1.807) is 42.9 Å². The first-order valence-corrected chi connectivity index (χ1v) is 8.56. The van der Waals surface area contributed by atoms with Crippen molar-refractivity contribution in [1.29, 1.82) is 0 Å². The van der Waals surface area contributed by atoms with Gasteiger partial charge in [0.05, 0.1) is 29.0 Å². The maximum Gasteiger partial charge on any atom is 0.285 e. The minimum Gasteiger partial charge on any atom is -0.495 e. The molecule has 3 aromatic rings. The van der Waals surface area contributed by atoms with Gasteiger partial charge in [0.15, 0.2) is 0 Å². The monoisotopic (exact) mass is 386 g/mol. The minimum atomic E-state index is -0.511. The number of nitro benzene ring substituents is 1. The number of nitro groups is 1. The van der Waals surface area contributed by atoms with Crippen molar-refractivity contribution in [3.8, 4) is 17.6 Å². The molecule has 0 atom stereocenters. The highest BCUT2D eigenvalue weighted by molar-refractivity contribution is 6.35. The first-order chi connectivity index (χ1) is 14.1. The summed E-state index contributed by atoms with van der Waals surface area (Å²) in [7, 11) is 1.52. The van der Waals surface area contributed by atoms with Crippen molar-refractivity contribution in [1.82, 2.24) is 9.97 Å². The third kappa shape index (κ3) is 3.33. The molecule has 0 bridgehead atoms. The largest absolute Gasteiger partial charge is 0.495 e. The topological polar surface area (TPSA) is 110 Å². The number of H-pyrrole nitrogens is 1. The van der Waals surface area contributed by atoms with Crippen LogP contribution in [0.25, 0.3) is 11.6 Å². The van der Waals surface area contributed by atoms with E-state index in [9.17, 15) is 14.9 Å². The van der Waals surface area contributed by atoms with E-state index in [4.69, 9.17) is 4.74 Å². The SMILES string of the molecule is COc1cc[nH]c1C=C1C(=O)Nc2ccc([N+](=O)[O-])c(C#Cc3cccnc3)c21. The predicted octanol–water partition coefficient (Wildman–Crippen LogP) is 3.22. The summed E-state index contributed by atoms with van der Waals surface area (Å²) in [6.45, 7) is 0. The molecule has 142 valence electrons. The number of pyridine rings is 1. The highest BCUT2D eigenvalue weighted by Crippen LogP contribution is 2.40. The Kier molecular flexibility index (Phi) is 4.55. The molecule has 29 heavy (non-hydrogen) atoms. The Morgan fingerprint density at radius 3 is 2.83 bits per heavy atom. The van der Waals surface area contributed by atoms with Gasteiger partial charge >= 0.3 is 0 Å². The van der Waals surface area contributed by atoms with E-state index in [2.05, 4.69) is 27.1 Å². The van der Waals surface area contributed by atoms with Crippen LogP contribution < -0.4 is 10.1 Å². The van der Waals surface area contributed by atoms with E-state index in [-0.39, 0.29) is 22.7 Å². The van der Waals surface area contributed by atoms with Gasteiger partial charge < -0.3 is 15.0 Å². The number of nitrogens with zero attached hydrogens (tertiary/aromatic N) is 2. The number of benzene rings is 1. The first kappa shape index (κ1) is 18.0. The summed E-state index contributed by atoms with van der Waals surface area (Å²) in [5.41, 5.74) is 2.27. The molecule has 8 heteroatoms. The van der Waals surface area contributed by atoms with E-state index in [1.165, 1.54) is 19.2 Å². The maximum absolute atomic E-state index is 12.6. The van der Waals surface area contributed by atoms with E-state index >= 15 is 0 Å². The highest BCUT2D eigenvalue weighted by Gasteiger charge is 2.31. The maximum atomic E-state index is 12.6. The number of methoxy groups -OCH3 is 1. The lowest BCUT2D eigenvalue weighted by molar-refractivity contribution is -0.385. The number of aromatic nitrogens is 2. The summed E-state index contributed by atoms with van der Waals surface area (Å²) in [4.78, 5) is 30.7. The van der Waals surface area contributed by atoms with Gasteiger partial charge in [-0.1, -0.05) is 11.8 Å². The Balaban J connectivity index is 1.93. The van der Waals surface area contributed by atoms with Crippen molar-refractivity contribution in [3.63, 3.8) is 0 Å². The molecule has 1 aliphatic heterocycles. The summed E-state index contributed by atoms with van der Waals surface area (Å²) in [5.74, 6) is 5.93. The van der Waals surface area contributed by atoms with Crippen LogP contribution in [0.4, 0.5) is 11.4 Å².